The molecule has 4 unspecified atom stereocenters. The van der Waals surface area contributed by atoms with Gasteiger partial charge in [-0.1, -0.05) is 97.4 Å². The van der Waals surface area contributed by atoms with Gasteiger partial charge in [0.05, 0.1) is 6.61 Å². The molecule has 3 aliphatic rings. The predicted molar refractivity (Wildman–Crippen MR) is 143 cm³/mol. The Bertz CT molecular complexity index is 801. The molecule has 0 aliphatic heterocycles. The third kappa shape index (κ3) is 6.90. The lowest BCUT2D eigenvalue weighted by atomic mass is 9.69. The summed E-state index contributed by atoms with van der Waals surface area (Å²) in [5.41, 5.74) is 3.61. The van der Waals surface area contributed by atoms with E-state index in [4.69, 9.17) is 9.47 Å². The van der Waals surface area contributed by atoms with Gasteiger partial charge in [-0.15, -0.1) is 0 Å². The topological polar surface area (TPSA) is 18.5 Å². The van der Waals surface area contributed by atoms with Crippen LogP contribution in [0.2, 0.25) is 0 Å². The molecule has 0 radical (unpaired) electrons. The van der Waals surface area contributed by atoms with Crippen molar-refractivity contribution in [3.05, 3.63) is 41.5 Å². The predicted octanol–water partition coefficient (Wildman–Crippen LogP) is 9.30. The molecule has 3 aliphatic carbocycles. The lowest BCUT2D eigenvalue weighted by Crippen LogP contribution is -2.30. The molecule has 2 heteroatoms. The van der Waals surface area contributed by atoms with Crippen LogP contribution in [0, 0.1) is 28.6 Å². The molecule has 0 saturated heterocycles. The van der Waals surface area contributed by atoms with Gasteiger partial charge in [0.15, 0.2) is 0 Å². The van der Waals surface area contributed by atoms with Gasteiger partial charge in [-0.2, -0.15) is 0 Å². The van der Waals surface area contributed by atoms with Gasteiger partial charge in [0.1, 0.15) is 5.75 Å². The maximum Gasteiger partial charge on any atom is 0.206 e. The highest BCUT2D eigenvalue weighted by molar-refractivity contribution is 5.31. The Labute approximate surface area is 209 Å². The molecule has 0 N–H and O–H groups in total. The van der Waals surface area contributed by atoms with Crippen LogP contribution >= 0.6 is 0 Å². The summed E-state index contributed by atoms with van der Waals surface area (Å²) >= 11 is 0. The van der Waals surface area contributed by atoms with Gasteiger partial charge in [-0.05, 0) is 78.4 Å². The minimum Gasteiger partial charge on any atom is -0.464 e. The van der Waals surface area contributed by atoms with Crippen LogP contribution in [0.1, 0.15) is 117 Å². The standard InChI is InChI=1S/C32H50O2/c1-31(2,3)22-29(32(4,5)6)24-14-16-28(17-15-24)34-30(27-20-25-12-13-26(25)21-27)33-19-18-23-10-8-7-9-11-23/h14-17,20,23,26-27,29-30H,7-13,18-19,21-22H2,1-6H3. The Balaban J connectivity index is 1.41. The average Bonchev–Trinajstić information content (AvgIpc) is 3.05. The van der Waals surface area contributed by atoms with Crippen molar-refractivity contribution >= 4 is 0 Å². The van der Waals surface area contributed by atoms with E-state index in [2.05, 4.69) is 71.9 Å². The summed E-state index contributed by atoms with van der Waals surface area (Å²) in [4.78, 5) is 0. The van der Waals surface area contributed by atoms with Gasteiger partial charge in [0.25, 0.3) is 0 Å². The molecule has 34 heavy (non-hydrogen) atoms. The fourth-order valence-electron chi connectivity index (χ4n) is 6.39. The first-order valence-electron chi connectivity index (χ1n) is 14.2. The van der Waals surface area contributed by atoms with Gasteiger partial charge < -0.3 is 9.47 Å². The quantitative estimate of drug-likeness (QED) is 0.266. The molecule has 0 spiro atoms. The Morgan fingerprint density at radius 2 is 1.62 bits per heavy atom. The number of fused-ring (bicyclic) bond motifs is 1. The fourth-order valence-corrected chi connectivity index (χ4v) is 6.39. The molecule has 2 nitrogen and oxygen atoms in total. The van der Waals surface area contributed by atoms with Crippen molar-refractivity contribution in [3.8, 4) is 5.75 Å². The van der Waals surface area contributed by atoms with Crippen molar-refractivity contribution in [2.45, 2.75) is 118 Å². The lowest BCUT2D eigenvalue weighted by Gasteiger charge is -2.36. The summed E-state index contributed by atoms with van der Waals surface area (Å²) in [7, 11) is 0. The Kier molecular flexibility index (Phi) is 8.17. The highest BCUT2D eigenvalue weighted by atomic mass is 16.7. The second-order valence-electron chi connectivity index (χ2n) is 13.8. The summed E-state index contributed by atoms with van der Waals surface area (Å²) in [5.74, 6) is 3.53. The number of hydrogen-bond acceptors (Lipinski definition) is 2. The zero-order valence-electron chi connectivity index (χ0n) is 22.9. The highest BCUT2D eigenvalue weighted by Crippen LogP contribution is 2.47. The van der Waals surface area contributed by atoms with Crippen LogP contribution in [0.5, 0.6) is 5.75 Å². The Morgan fingerprint density at radius 1 is 0.912 bits per heavy atom. The Hall–Kier alpha value is -1.28. The molecular weight excluding hydrogens is 416 g/mol. The van der Waals surface area contributed by atoms with E-state index in [1.807, 2.05) is 0 Å². The molecule has 0 heterocycles. The summed E-state index contributed by atoms with van der Waals surface area (Å²) in [6.07, 6.45) is 15.5. The van der Waals surface area contributed by atoms with Crippen molar-refractivity contribution in [1.29, 1.82) is 0 Å². The minimum absolute atomic E-state index is 0.152. The Morgan fingerprint density at radius 3 is 2.15 bits per heavy atom. The number of ether oxygens (including phenoxy) is 2. The monoisotopic (exact) mass is 466 g/mol. The van der Waals surface area contributed by atoms with E-state index in [1.54, 1.807) is 5.57 Å². The van der Waals surface area contributed by atoms with Gasteiger partial charge in [-0.3, -0.25) is 0 Å². The van der Waals surface area contributed by atoms with Gasteiger partial charge in [0, 0.05) is 5.92 Å². The van der Waals surface area contributed by atoms with Crippen molar-refractivity contribution in [1.82, 2.24) is 0 Å². The van der Waals surface area contributed by atoms with E-state index in [1.165, 1.54) is 69.8 Å². The van der Waals surface area contributed by atoms with Crippen molar-refractivity contribution < 1.29 is 9.47 Å². The smallest absolute Gasteiger partial charge is 0.206 e. The van der Waals surface area contributed by atoms with E-state index in [9.17, 15) is 0 Å². The zero-order valence-corrected chi connectivity index (χ0v) is 22.9. The van der Waals surface area contributed by atoms with Crippen LogP contribution < -0.4 is 4.74 Å². The zero-order chi connectivity index (χ0) is 24.3. The molecule has 0 aromatic heterocycles. The first kappa shape index (κ1) is 25.8. The molecule has 1 aromatic rings. The first-order valence-corrected chi connectivity index (χ1v) is 14.2. The largest absolute Gasteiger partial charge is 0.464 e. The second kappa shape index (κ2) is 10.8. The van der Waals surface area contributed by atoms with Crippen LogP contribution in [0.25, 0.3) is 0 Å². The van der Waals surface area contributed by atoms with E-state index in [0.29, 0.717) is 17.3 Å². The van der Waals surface area contributed by atoms with E-state index >= 15 is 0 Å². The van der Waals surface area contributed by atoms with Crippen LogP contribution in [0.15, 0.2) is 35.9 Å². The van der Waals surface area contributed by atoms with Gasteiger partial charge in [-0.25, -0.2) is 0 Å². The van der Waals surface area contributed by atoms with Crippen molar-refractivity contribution in [3.63, 3.8) is 0 Å². The van der Waals surface area contributed by atoms with E-state index in [0.717, 1.165) is 24.2 Å². The van der Waals surface area contributed by atoms with E-state index in [-0.39, 0.29) is 11.7 Å². The molecule has 2 fully saturated rings. The molecule has 190 valence electrons. The summed E-state index contributed by atoms with van der Waals surface area (Å²) < 4.78 is 13.1. The maximum atomic E-state index is 6.57. The number of rotatable bonds is 9. The van der Waals surface area contributed by atoms with Crippen LogP contribution in [-0.2, 0) is 4.74 Å². The summed E-state index contributed by atoms with van der Waals surface area (Å²) in [5, 5.41) is 0. The van der Waals surface area contributed by atoms with Crippen LogP contribution in [0.3, 0.4) is 0 Å². The molecule has 0 amide bonds. The summed E-state index contributed by atoms with van der Waals surface area (Å²) in [6.45, 7) is 15.0. The number of allylic oxidation sites excluding steroid dienone is 1. The lowest BCUT2D eigenvalue weighted by molar-refractivity contribution is -0.109. The molecule has 1 aromatic carbocycles. The SMILES string of the molecule is CC(C)(C)CC(c1ccc(OC(OCCC2CCCCC2)C2C=C3CCC3C2)cc1)C(C)(C)C. The molecular formula is C32H50O2. The normalized spacial score (nSPS) is 25.3. The third-order valence-electron chi connectivity index (χ3n) is 8.57. The van der Waals surface area contributed by atoms with E-state index < -0.39 is 0 Å². The summed E-state index contributed by atoms with van der Waals surface area (Å²) in [6, 6.07) is 8.97. The molecule has 2 saturated carbocycles. The van der Waals surface area contributed by atoms with Gasteiger partial charge >= 0.3 is 0 Å². The molecule has 4 atom stereocenters. The molecule has 4 rings (SSSR count). The van der Waals surface area contributed by atoms with Crippen molar-refractivity contribution in [2.24, 2.45) is 28.6 Å². The van der Waals surface area contributed by atoms with Crippen LogP contribution in [-0.4, -0.2) is 12.9 Å². The third-order valence-corrected chi connectivity index (χ3v) is 8.57. The highest BCUT2D eigenvalue weighted by Gasteiger charge is 2.38. The average molecular weight is 467 g/mol. The molecule has 0 bridgehead atoms. The van der Waals surface area contributed by atoms with Gasteiger partial charge in [0.2, 0.25) is 6.29 Å². The number of hydrogen-bond donors (Lipinski definition) is 0. The van der Waals surface area contributed by atoms with Crippen LogP contribution in [0.4, 0.5) is 0 Å². The van der Waals surface area contributed by atoms with Crippen molar-refractivity contribution in [2.75, 3.05) is 6.61 Å². The second-order valence-corrected chi connectivity index (χ2v) is 13.8. The maximum absolute atomic E-state index is 6.57. The minimum atomic E-state index is -0.152. The number of benzene rings is 1. The first-order chi connectivity index (χ1) is 16.1. The fraction of sp³-hybridized carbons (Fsp3) is 0.750.